The second-order valence-electron chi connectivity index (χ2n) is 10.3. The van der Waals surface area contributed by atoms with E-state index in [0.29, 0.717) is 5.56 Å². The summed E-state index contributed by atoms with van der Waals surface area (Å²) in [5, 5.41) is 3.50. The van der Waals surface area contributed by atoms with Crippen molar-refractivity contribution in [3.8, 4) is 0 Å². The monoisotopic (exact) mass is 617 g/mol. The predicted molar refractivity (Wildman–Crippen MR) is 136 cm³/mol. The zero-order chi connectivity index (χ0) is 30.1. The topological polar surface area (TPSA) is 86.8 Å². The number of carbonyl (C=O) groups is 2. The highest BCUT2D eigenvalue weighted by Gasteiger charge is 2.59. The highest BCUT2D eigenvalue weighted by Crippen LogP contribution is 2.42. The van der Waals surface area contributed by atoms with Crippen LogP contribution in [-0.2, 0) is 19.4 Å². The lowest BCUT2D eigenvalue weighted by atomic mass is 9.86. The van der Waals surface area contributed by atoms with E-state index in [1.54, 1.807) is 18.2 Å². The van der Waals surface area contributed by atoms with Crippen molar-refractivity contribution in [2.45, 2.75) is 49.5 Å². The van der Waals surface area contributed by atoms with Gasteiger partial charge in [-0.25, -0.2) is 12.8 Å². The number of likely N-dealkylation sites (tertiary alicyclic amines) is 2. The van der Waals surface area contributed by atoms with Gasteiger partial charge in [-0.05, 0) is 18.6 Å². The summed E-state index contributed by atoms with van der Waals surface area (Å²) in [5.41, 5.74) is -1.92. The minimum absolute atomic E-state index is 0.194. The molecule has 15 heteroatoms. The molecule has 1 N–H and O–H groups in total. The number of nitrogens with zero attached hydrogens (tertiary/aromatic N) is 2. The number of piperidine rings is 1. The summed E-state index contributed by atoms with van der Waals surface area (Å²) in [6, 6.07) is 5.53. The Bertz CT molecular complexity index is 1240. The van der Waals surface area contributed by atoms with Crippen LogP contribution >= 0.6 is 11.6 Å². The van der Waals surface area contributed by atoms with E-state index in [1.807, 2.05) is 0 Å². The summed E-state index contributed by atoms with van der Waals surface area (Å²) in [7, 11) is -3.45. The number of hydrogen-bond acceptors (Lipinski definition) is 5. The average molecular weight is 618 g/mol. The summed E-state index contributed by atoms with van der Waals surface area (Å²) in [4.78, 5) is 28.2. The Balaban J connectivity index is 1.72. The number of alkyl halides is 6. The fourth-order valence-corrected chi connectivity index (χ4v) is 5.71. The van der Waals surface area contributed by atoms with Gasteiger partial charge < -0.3 is 10.2 Å². The Kier molecular flexibility index (Phi) is 9.57. The number of rotatable bonds is 8. The second kappa shape index (κ2) is 11.9. The number of benzene rings is 1. The first-order valence-corrected chi connectivity index (χ1v) is 14.7. The first-order chi connectivity index (χ1) is 18.3. The predicted octanol–water partition coefficient (Wildman–Crippen LogP) is 3.95. The van der Waals surface area contributed by atoms with Crippen molar-refractivity contribution in [2.24, 2.45) is 5.92 Å². The number of carbonyl (C=O) groups excluding carboxylic acids is 2. The molecule has 1 aromatic rings. The molecule has 3 atom stereocenters. The Labute approximate surface area is 233 Å². The molecule has 2 amide bonds. The zero-order valence-electron chi connectivity index (χ0n) is 21.7. The van der Waals surface area contributed by atoms with Crippen LogP contribution in [0.1, 0.15) is 31.2 Å². The van der Waals surface area contributed by atoms with E-state index in [9.17, 15) is 40.0 Å². The fraction of sp³-hybridized carbons (Fsp3) is 0.600. The summed E-state index contributed by atoms with van der Waals surface area (Å²) < 4.78 is 104. The van der Waals surface area contributed by atoms with Crippen LogP contribution in [0.2, 0.25) is 5.02 Å². The molecular formula is C25H30ClF6N3O4S. The third-order valence-corrected chi connectivity index (χ3v) is 8.10. The molecule has 0 aromatic heterocycles. The van der Waals surface area contributed by atoms with Gasteiger partial charge >= 0.3 is 12.1 Å². The van der Waals surface area contributed by atoms with Crippen molar-refractivity contribution >= 4 is 33.3 Å². The van der Waals surface area contributed by atoms with E-state index in [-0.39, 0.29) is 44.0 Å². The van der Waals surface area contributed by atoms with Crippen LogP contribution in [0.3, 0.4) is 0 Å². The number of sulfone groups is 1. The van der Waals surface area contributed by atoms with Crippen LogP contribution in [0, 0.1) is 5.92 Å². The van der Waals surface area contributed by atoms with Gasteiger partial charge in [0, 0.05) is 67.7 Å². The Morgan fingerprint density at radius 1 is 1.15 bits per heavy atom. The van der Waals surface area contributed by atoms with Crippen molar-refractivity contribution in [1.29, 1.82) is 0 Å². The largest absolute Gasteiger partial charge is 0.454 e. The van der Waals surface area contributed by atoms with Gasteiger partial charge in [-0.1, -0.05) is 35.9 Å². The third kappa shape index (κ3) is 7.69. The number of halogens is 7. The van der Waals surface area contributed by atoms with Crippen LogP contribution in [0.15, 0.2) is 35.7 Å². The van der Waals surface area contributed by atoms with E-state index in [0.717, 1.165) is 16.6 Å². The van der Waals surface area contributed by atoms with Gasteiger partial charge in [0.2, 0.25) is 5.91 Å². The van der Waals surface area contributed by atoms with Gasteiger partial charge in [0.25, 0.3) is 5.91 Å². The normalized spacial score (nSPS) is 23.4. The quantitative estimate of drug-likeness (QED) is 0.447. The summed E-state index contributed by atoms with van der Waals surface area (Å²) >= 11 is 6.27. The van der Waals surface area contributed by atoms with Crippen LogP contribution in [-0.4, -0.2) is 92.8 Å². The highest BCUT2D eigenvalue weighted by molar-refractivity contribution is 7.93. The van der Waals surface area contributed by atoms with Crippen LogP contribution in [0.4, 0.5) is 26.3 Å². The van der Waals surface area contributed by atoms with Crippen molar-refractivity contribution in [3.63, 3.8) is 0 Å². The van der Waals surface area contributed by atoms with Gasteiger partial charge in [0.15, 0.2) is 15.5 Å². The van der Waals surface area contributed by atoms with Gasteiger partial charge in [0.1, 0.15) is 0 Å². The van der Waals surface area contributed by atoms with Crippen LogP contribution in [0.25, 0.3) is 0 Å². The Morgan fingerprint density at radius 2 is 1.75 bits per heavy atom. The van der Waals surface area contributed by atoms with Gasteiger partial charge in [-0.15, -0.1) is 0 Å². The molecule has 2 aliphatic rings. The standard InChI is InChI=1S/C25H30ClF6N3O4S/c1-16(7-12-40(2,38)39)33-22(37)23(27)8-10-35(11-9-23)21(36)19-14-34(15-24(28,29)25(30,31)32)13-18(19)17-5-3-4-6-20(17)26/h3-7,12,16,18-19H,8-11,13-15H2,1-2H3,(H,33,37)/b12-7-/t16-,18+,19+/m1/s1. The Hall–Kier alpha value is -2.32. The lowest BCUT2D eigenvalue weighted by molar-refractivity contribution is -0.286. The molecule has 7 nitrogen and oxygen atoms in total. The maximum atomic E-state index is 15.5. The SMILES string of the molecule is C[C@H](/C=C\S(C)(=O)=O)NC(=O)C1(F)CCN(C(=O)[C@H]2CN(CC(F)(F)C(F)(F)F)C[C@H]2c2ccccc2Cl)CC1. The van der Waals surface area contributed by atoms with E-state index >= 15 is 4.39 Å². The molecule has 0 aliphatic carbocycles. The van der Waals surface area contributed by atoms with Crippen LogP contribution < -0.4 is 5.32 Å². The molecule has 0 spiro atoms. The minimum atomic E-state index is -5.76. The molecule has 2 aliphatic heterocycles. The maximum Gasteiger partial charge on any atom is 0.454 e. The molecule has 224 valence electrons. The number of nitrogens with one attached hydrogen (secondary N) is 1. The molecule has 0 radical (unpaired) electrons. The average Bonchev–Trinajstić information content (AvgIpc) is 3.24. The van der Waals surface area contributed by atoms with Crippen molar-refractivity contribution in [3.05, 3.63) is 46.3 Å². The van der Waals surface area contributed by atoms with E-state index in [2.05, 4.69) is 5.32 Å². The van der Waals surface area contributed by atoms with Crippen molar-refractivity contribution < 1.29 is 44.3 Å². The second-order valence-corrected chi connectivity index (χ2v) is 12.7. The third-order valence-electron chi connectivity index (χ3n) is 7.10. The number of hydrogen-bond donors (Lipinski definition) is 1. The molecule has 0 unspecified atom stereocenters. The maximum absolute atomic E-state index is 15.5. The molecule has 2 fully saturated rings. The zero-order valence-corrected chi connectivity index (χ0v) is 23.3. The molecule has 1 aromatic carbocycles. The molecule has 0 bridgehead atoms. The summed E-state index contributed by atoms with van der Waals surface area (Å²) in [6.07, 6.45) is -4.37. The van der Waals surface area contributed by atoms with E-state index in [1.165, 1.54) is 24.0 Å². The summed E-state index contributed by atoms with van der Waals surface area (Å²) in [6.45, 7) is -1.20. The number of amides is 2. The lowest BCUT2D eigenvalue weighted by Crippen LogP contribution is -2.54. The van der Waals surface area contributed by atoms with E-state index in [4.69, 9.17) is 11.6 Å². The van der Waals surface area contributed by atoms with E-state index < -0.39 is 63.8 Å². The smallest absolute Gasteiger partial charge is 0.347 e. The van der Waals surface area contributed by atoms with Crippen molar-refractivity contribution in [2.75, 3.05) is 39.0 Å². The lowest BCUT2D eigenvalue weighted by Gasteiger charge is -2.37. The first kappa shape index (κ1) is 32.2. The highest BCUT2D eigenvalue weighted by atomic mass is 35.5. The Morgan fingerprint density at radius 3 is 2.30 bits per heavy atom. The van der Waals surface area contributed by atoms with Crippen molar-refractivity contribution in [1.82, 2.24) is 15.1 Å². The molecular weight excluding hydrogens is 588 g/mol. The van der Waals surface area contributed by atoms with Gasteiger partial charge in [-0.3, -0.25) is 14.5 Å². The van der Waals surface area contributed by atoms with Gasteiger partial charge in [0.05, 0.1) is 12.5 Å². The summed E-state index contributed by atoms with van der Waals surface area (Å²) in [5.74, 6) is -8.33. The minimum Gasteiger partial charge on any atom is -0.347 e. The fourth-order valence-electron chi connectivity index (χ4n) is 4.91. The molecule has 3 rings (SSSR count). The molecule has 40 heavy (non-hydrogen) atoms. The molecule has 0 saturated carbocycles. The first-order valence-electron chi connectivity index (χ1n) is 12.4. The molecule has 2 saturated heterocycles. The molecule has 2 heterocycles. The van der Waals surface area contributed by atoms with Crippen LogP contribution in [0.5, 0.6) is 0 Å². The van der Waals surface area contributed by atoms with Gasteiger partial charge in [-0.2, -0.15) is 22.0 Å².